The highest BCUT2D eigenvalue weighted by Crippen LogP contribution is 2.41. The molecule has 2 heterocycles. The molecule has 1 aromatic carbocycles. The van der Waals surface area contributed by atoms with Gasteiger partial charge in [0, 0.05) is 41.8 Å². The van der Waals surface area contributed by atoms with Crippen LogP contribution in [0.3, 0.4) is 0 Å². The molecular formula is C25H28F3N3O4. The van der Waals surface area contributed by atoms with Crippen LogP contribution in [0, 0.1) is 5.41 Å². The molecule has 7 nitrogen and oxygen atoms in total. The van der Waals surface area contributed by atoms with Crippen LogP contribution >= 0.6 is 0 Å². The molecular weight excluding hydrogens is 463 g/mol. The Labute approximate surface area is 201 Å². The molecule has 35 heavy (non-hydrogen) atoms. The number of rotatable bonds is 9. The van der Waals surface area contributed by atoms with Crippen molar-refractivity contribution in [3.05, 3.63) is 54.4 Å². The highest BCUT2D eigenvalue weighted by Gasteiger charge is 2.43. The lowest BCUT2D eigenvalue weighted by Crippen LogP contribution is -2.30. The van der Waals surface area contributed by atoms with E-state index in [1.165, 1.54) is 0 Å². The highest BCUT2D eigenvalue weighted by molar-refractivity contribution is 5.90. The molecule has 3 rings (SSSR count). The van der Waals surface area contributed by atoms with E-state index in [2.05, 4.69) is 20.0 Å². The second-order valence-electron chi connectivity index (χ2n) is 9.18. The van der Waals surface area contributed by atoms with Crippen LogP contribution in [-0.2, 0) is 14.3 Å². The standard InChI is InChI=1S/C25H28F3N3O4/c1-24(2,3)19(14-22(32)35-23(33)25(26,27)28)18-15-31-20-13-16(8-9-17(18)20)34-12-6-11-30-21-7-4-5-10-29-21/h4-5,7-10,13,15,19,31H,6,11-12,14H2,1-3H3,(H,29,30). The smallest absolute Gasteiger partial charge is 0.491 e. The van der Waals surface area contributed by atoms with Gasteiger partial charge in [0.2, 0.25) is 0 Å². The monoisotopic (exact) mass is 491 g/mol. The van der Waals surface area contributed by atoms with Crippen molar-refractivity contribution in [2.24, 2.45) is 5.41 Å². The van der Waals surface area contributed by atoms with Crippen molar-refractivity contribution in [2.75, 3.05) is 18.5 Å². The molecule has 10 heteroatoms. The normalized spacial score (nSPS) is 12.9. The van der Waals surface area contributed by atoms with E-state index in [4.69, 9.17) is 4.74 Å². The SMILES string of the molecule is CC(C)(C)C(CC(=O)OC(=O)C(F)(F)F)c1c[nH]c2cc(OCCCNc3ccccn3)ccc12. The number of ether oxygens (including phenoxy) is 2. The topological polar surface area (TPSA) is 93.3 Å². The van der Waals surface area contributed by atoms with E-state index in [-0.39, 0.29) is 6.42 Å². The van der Waals surface area contributed by atoms with E-state index >= 15 is 0 Å². The van der Waals surface area contributed by atoms with Gasteiger partial charge >= 0.3 is 18.1 Å². The maximum Gasteiger partial charge on any atom is 0.491 e. The number of carbonyl (C=O) groups excluding carboxylic acids is 2. The third-order valence-corrected chi connectivity index (χ3v) is 5.48. The predicted octanol–water partition coefficient (Wildman–Crippen LogP) is 5.60. The summed E-state index contributed by atoms with van der Waals surface area (Å²) in [6.07, 6.45) is -1.40. The average Bonchev–Trinajstić information content (AvgIpc) is 3.19. The van der Waals surface area contributed by atoms with Crippen LogP contribution in [0.1, 0.15) is 45.1 Å². The summed E-state index contributed by atoms with van der Waals surface area (Å²) in [6, 6.07) is 11.1. The number of anilines is 1. The number of H-pyrrole nitrogens is 1. The van der Waals surface area contributed by atoms with Gasteiger partial charge in [0.25, 0.3) is 0 Å². The Bertz CT molecular complexity index is 1150. The van der Waals surface area contributed by atoms with Crippen LogP contribution in [0.15, 0.2) is 48.8 Å². The summed E-state index contributed by atoms with van der Waals surface area (Å²) in [4.78, 5) is 30.5. The molecule has 0 spiro atoms. The molecule has 0 fully saturated rings. The molecule has 1 atom stereocenters. The van der Waals surface area contributed by atoms with E-state index < -0.39 is 29.4 Å². The Balaban J connectivity index is 1.64. The Morgan fingerprint density at radius 1 is 1.14 bits per heavy atom. The van der Waals surface area contributed by atoms with Gasteiger partial charge in [-0.25, -0.2) is 9.78 Å². The van der Waals surface area contributed by atoms with E-state index in [0.29, 0.717) is 18.9 Å². The van der Waals surface area contributed by atoms with E-state index in [1.54, 1.807) is 18.5 Å². The van der Waals surface area contributed by atoms with E-state index in [0.717, 1.165) is 28.7 Å². The van der Waals surface area contributed by atoms with Crippen LogP contribution in [0.2, 0.25) is 0 Å². The van der Waals surface area contributed by atoms with Crippen LogP contribution in [0.4, 0.5) is 19.0 Å². The highest BCUT2D eigenvalue weighted by atomic mass is 19.4. The Morgan fingerprint density at radius 3 is 2.57 bits per heavy atom. The number of hydrogen-bond donors (Lipinski definition) is 2. The number of carbonyl (C=O) groups is 2. The van der Waals surface area contributed by atoms with Gasteiger partial charge in [-0.3, -0.25) is 4.79 Å². The Kier molecular flexibility index (Phi) is 8.03. The third kappa shape index (κ3) is 7.21. The zero-order chi connectivity index (χ0) is 25.6. The largest absolute Gasteiger partial charge is 0.493 e. The van der Waals surface area contributed by atoms with Gasteiger partial charge in [-0.1, -0.05) is 26.8 Å². The maximum atomic E-state index is 12.5. The van der Waals surface area contributed by atoms with Crippen LogP contribution in [-0.4, -0.2) is 41.2 Å². The molecule has 188 valence electrons. The summed E-state index contributed by atoms with van der Waals surface area (Å²) in [6.45, 7) is 6.79. The molecule has 0 bridgehead atoms. The number of nitrogens with one attached hydrogen (secondary N) is 2. The number of pyridine rings is 1. The number of halogens is 3. The van der Waals surface area contributed by atoms with Gasteiger partial charge < -0.3 is 19.8 Å². The third-order valence-electron chi connectivity index (χ3n) is 5.48. The van der Waals surface area contributed by atoms with Gasteiger partial charge in [0.1, 0.15) is 11.6 Å². The number of aromatic amines is 1. The summed E-state index contributed by atoms with van der Waals surface area (Å²) < 4.78 is 47.2. The summed E-state index contributed by atoms with van der Waals surface area (Å²) in [5.74, 6) is -2.76. The van der Waals surface area contributed by atoms with Gasteiger partial charge in [0.05, 0.1) is 13.0 Å². The minimum Gasteiger partial charge on any atom is -0.493 e. The number of alkyl halides is 3. The summed E-state index contributed by atoms with van der Waals surface area (Å²) in [5, 5.41) is 4.02. The fourth-order valence-electron chi connectivity index (χ4n) is 3.70. The Hall–Kier alpha value is -3.56. The van der Waals surface area contributed by atoms with Gasteiger partial charge in [-0.15, -0.1) is 0 Å². The first-order valence-electron chi connectivity index (χ1n) is 11.2. The lowest BCUT2D eigenvalue weighted by atomic mass is 9.74. The quantitative estimate of drug-likeness (QED) is 0.230. The number of esters is 2. The zero-order valence-electron chi connectivity index (χ0n) is 19.7. The average molecular weight is 492 g/mol. The summed E-state index contributed by atoms with van der Waals surface area (Å²) in [7, 11) is 0. The molecule has 2 aromatic heterocycles. The Morgan fingerprint density at radius 2 is 1.91 bits per heavy atom. The van der Waals surface area contributed by atoms with Crippen molar-refractivity contribution < 1.29 is 32.2 Å². The van der Waals surface area contributed by atoms with Crippen molar-refractivity contribution in [1.82, 2.24) is 9.97 Å². The number of benzene rings is 1. The van der Waals surface area contributed by atoms with Crippen molar-refractivity contribution in [3.63, 3.8) is 0 Å². The van der Waals surface area contributed by atoms with Crippen molar-refractivity contribution in [2.45, 2.75) is 45.7 Å². The van der Waals surface area contributed by atoms with Crippen molar-refractivity contribution in [1.29, 1.82) is 0 Å². The first-order valence-corrected chi connectivity index (χ1v) is 11.2. The van der Waals surface area contributed by atoms with Crippen molar-refractivity contribution >= 4 is 28.7 Å². The van der Waals surface area contributed by atoms with E-state index in [9.17, 15) is 22.8 Å². The first kappa shape index (κ1) is 26.1. The lowest BCUT2D eigenvalue weighted by molar-refractivity contribution is -0.202. The number of nitrogens with zero attached hydrogens (tertiary/aromatic N) is 1. The molecule has 0 aliphatic rings. The zero-order valence-corrected chi connectivity index (χ0v) is 19.7. The summed E-state index contributed by atoms with van der Waals surface area (Å²) >= 11 is 0. The molecule has 0 aliphatic carbocycles. The van der Waals surface area contributed by atoms with Gasteiger partial charge in [-0.05, 0) is 41.7 Å². The second-order valence-corrected chi connectivity index (χ2v) is 9.18. The molecule has 2 N–H and O–H groups in total. The number of hydrogen-bond acceptors (Lipinski definition) is 6. The fourth-order valence-corrected chi connectivity index (χ4v) is 3.70. The predicted molar refractivity (Wildman–Crippen MR) is 125 cm³/mol. The van der Waals surface area contributed by atoms with Gasteiger partial charge in [-0.2, -0.15) is 13.2 Å². The fraction of sp³-hybridized carbons (Fsp3) is 0.400. The molecule has 3 aromatic rings. The molecule has 0 saturated heterocycles. The molecule has 0 aliphatic heterocycles. The number of aromatic nitrogens is 2. The van der Waals surface area contributed by atoms with Crippen LogP contribution in [0.25, 0.3) is 10.9 Å². The van der Waals surface area contributed by atoms with E-state index in [1.807, 2.05) is 51.1 Å². The molecule has 0 saturated carbocycles. The number of fused-ring (bicyclic) bond motifs is 1. The van der Waals surface area contributed by atoms with Gasteiger partial charge in [0.15, 0.2) is 0 Å². The molecule has 1 unspecified atom stereocenters. The van der Waals surface area contributed by atoms with Crippen molar-refractivity contribution in [3.8, 4) is 5.75 Å². The minimum absolute atomic E-state index is 0.375. The van der Waals surface area contributed by atoms with Crippen LogP contribution < -0.4 is 10.1 Å². The summed E-state index contributed by atoms with van der Waals surface area (Å²) in [5.41, 5.74) is 1.01. The lowest BCUT2D eigenvalue weighted by Gasteiger charge is -2.30. The minimum atomic E-state index is -5.22. The maximum absolute atomic E-state index is 12.5. The van der Waals surface area contributed by atoms with Crippen LogP contribution in [0.5, 0.6) is 5.75 Å². The first-order chi connectivity index (χ1) is 16.4. The molecule has 0 radical (unpaired) electrons. The molecule has 0 amide bonds. The second kappa shape index (κ2) is 10.8.